The summed E-state index contributed by atoms with van der Waals surface area (Å²) in [6, 6.07) is 11.8. The number of carbonyl (C=O) groups excluding carboxylic acids is 2. The molecule has 190 valence electrons. The summed E-state index contributed by atoms with van der Waals surface area (Å²) < 4.78 is 6.33. The summed E-state index contributed by atoms with van der Waals surface area (Å²) in [5.41, 5.74) is -0.657. The van der Waals surface area contributed by atoms with Crippen LogP contribution in [0.5, 0.6) is 0 Å². The van der Waals surface area contributed by atoms with E-state index in [0.29, 0.717) is 18.5 Å². The van der Waals surface area contributed by atoms with Gasteiger partial charge in [0.25, 0.3) is 5.91 Å². The Kier molecular flexibility index (Phi) is 6.43. The topological polar surface area (TPSA) is 107 Å². The lowest BCUT2D eigenvalue weighted by Gasteiger charge is -2.39. The normalized spacial score (nSPS) is 31.5. The van der Waals surface area contributed by atoms with Gasteiger partial charge in [-0.25, -0.2) is 0 Å². The van der Waals surface area contributed by atoms with Crippen LogP contribution in [0.25, 0.3) is 10.8 Å². The van der Waals surface area contributed by atoms with Crippen LogP contribution in [0.1, 0.15) is 19.8 Å². The molecule has 3 aliphatic rings. The summed E-state index contributed by atoms with van der Waals surface area (Å²) in [5, 5.41) is 22.1. The SMILES string of the molecule is C=CCN(C(=O)C1N([C@@H](CC)CO)C(=O)[C@@H]2[C@H](C(=O)O)[C@H]3OC12CC3Br)c1ccc2ccccc2c1. The highest BCUT2D eigenvalue weighted by Crippen LogP contribution is 2.60. The van der Waals surface area contributed by atoms with Gasteiger partial charge < -0.3 is 24.7 Å². The van der Waals surface area contributed by atoms with Crippen molar-refractivity contribution in [3.05, 3.63) is 55.1 Å². The van der Waals surface area contributed by atoms with E-state index in [1.54, 1.807) is 11.0 Å². The molecule has 36 heavy (non-hydrogen) atoms. The van der Waals surface area contributed by atoms with Crippen LogP contribution in [-0.4, -0.2) is 74.7 Å². The number of fused-ring (bicyclic) bond motifs is 2. The largest absolute Gasteiger partial charge is 0.481 e. The number of benzene rings is 2. The Morgan fingerprint density at radius 2 is 2.03 bits per heavy atom. The molecule has 2 amide bonds. The number of alkyl halides is 1. The number of aliphatic hydroxyl groups is 1. The zero-order valence-electron chi connectivity index (χ0n) is 19.9. The lowest BCUT2D eigenvalue weighted by molar-refractivity contribution is -0.150. The number of likely N-dealkylation sites (tertiary alicyclic amines) is 1. The summed E-state index contributed by atoms with van der Waals surface area (Å²) in [6.07, 6.45) is 1.64. The van der Waals surface area contributed by atoms with Crippen molar-refractivity contribution in [2.24, 2.45) is 11.8 Å². The number of aliphatic hydroxyl groups excluding tert-OH is 1. The highest BCUT2D eigenvalue weighted by atomic mass is 79.9. The fraction of sp³-hybridized carbons (Fsp3) is 0.444. The molecule has 5 rings (SSSR count). The van der Waals surface area contributed by atoms with Crippen LogP contribution in [0.4, 0.5) is 5.69 Å². The number of anilines is 1. The molecule has 0 radical (unpaired) electrons. The van der Waals surface area contributed by atoms with Gasteiger partial charge in [0.15, 0.2) is 0 Å². The van der Waals surface area contributed by atoms with Gasteiger partial charge >= 0.3 is 5.97 Å². The Morgan fingerprint density at radius 1 is 1.31 bits per heavy atom. The maximum Gasteiger partial charge on any atom is 0.310 e. The van der Waals surface area contributed by atoms with Crippen LogP contribution in [0.3, 0.4) is 0 Å². The first-order valence-electron chi connectivity index (χ1n) is 12.2. The van der Waals surface area contributed by atoms with Crippen molar-refractivity contribution in [3.8, 4) is 0 Å². The molecule has 9 heteroatoms. The number of ether oxygens (including phenoxy) is 1. The molecule has 0 aliphatic carbocycles. The van der Waals surface area contributed by atoms with Gasteiger partial charge in [-0.2, -0.15) is 0 Å². The average molecular weight is 557 g/mol. The minimum atomic E-state index is -1.30. The van der Waals surface area contributed by atoms with Crippen LogP contribution < -0.4 is 4.90 Å². The second kappa shape index (κ2) is 9.28. The van der Waals surface area contributed by atoms with E-state index >= 15 is 0 Å². The minimum absolute atomic E-state index is 0.190. The second-order valence-electron chi connectivity index (χ2n) is 9.76. The summed E-state index contributed by atoms with van der Waals surface area (Å²) in [6.45, 7) is 5.50. The monoisotopic (exact) mass is 556 g/mol. The number of rotatable bonds is 8. The molecule has 3 heterocycles. The quantitative estimate of drug-likeness (QED) is 0.382. The third-order valence-corrected chi connectivity index (χ3v) is 8.79. The van der Waals surface area contributed by atoms with Crippen LogP contribution in [-0.2, 0) is 19.1 Å². The molecular formula is C27H29BrN2O6. The maximum absolute atomic E-state index is 14.4. The van der Waals surface area contributed by atoms with Crippen molar-refractivity contribution < 1.29 is 29.3 Å². The molecule has 3 saturated heterocycles. The van der Waals surface area contributed by atoms with Gasteiger partial charge in [-0.1, -0.05) is 59.3 Å². The fourth-order valence-electron chi connectivity index (χ4n) is 6.38. The van der Waals surface area contributed by atoms with Crippen LogP contribution >= 0.6 is 15.9 Å². The van der Waals surface area contributed by atoms with Gasteiger partial charge in [0.1, 0.15) is 11.6 Å². The summed E-state index contributed by atoms with van der Waals surface area (Å²) in [4.78, 5) is 43.2. The van der Waals surface area contributed by atoms with Gasteiger partial charge in [-0.05, 0) is 35.7 Å². The van der Waals surface area contributed by atoms with E-state index in [9.17, 15) is 24.6 Å². The van der Waals surface area contributed by atoms with E-state index < -0.39 is 47.5 Å². The lowest BCUT2D eigenvalue weighted by Crippen LogP contribution is -2.59. The van der Waals surface area contributed by atoms with Gasteiger partial charge in [-0.3, -0.25) is 14.4 Å². The Bertz CT molecular complexity index is 1230. The molecule has 2 aromatic carbocycles. The van der Waals surface area contributed by atoms with E-state index in [0.717, 1.165) is 10.8 Å². The second-order valence-corrected chi connectivity index (χ2v) is 10.9. The summed E-state index contributed by atoms with van der Waals surface area (Å²) in [5.74, 6) is -4.00. The van der Waals surface area contributed by atoms with E-state index in [2.05, 4.69) is 22.5 Å². The van der Waals surface area contributed by atoms with E-state index in [-0.39, 0.29) is 23.9 Å². The Morgan fingerprint density at radius 3 is 2.67 bits per heavy atom. The molecular weight excluding hydrogens is 528 g/mol. The molecule has 3 fully saturated rings. The highest BCUT2D eigenvalue weighted by molar-refractivity contribution is 9.09. The molecule has 2 N–H and O–H groups in total. The molecule has 3 aliphatic heterocycles. The minimum Gasteiger partial charge on any atom is -0.481 e. The van der Waals surface area contributed by atoms with Gasteiger partial charge in [0.05, 0.1) is 30.6 Å². The van der Waals surface area contributed by atoms with Crippen LogP contribution in [0.15, 0.2) is 55.1 Å². The molecule has 0 saturated carbocycles. The predicted octanol–water partition coefficient (Wildman–Crippen LogP) is 2.96. The number of amides is 2. The maximum atomic E-state index is 14.4. The lowest BCUT2D eigenvalue weighted by atomic mass is 9.70. The number of carboxylic acid groups (broad SMARTS) is 1. The van der Waals surface area contributed by atoms with E-state index in [4.69, 9.17) is 4.74 Å². The van der Waals surface area contributed by atoms with E-state index in [1.807, 2.05) is 49.4 Å². The number of hydrogen-bond acceptors (Lipinski definition) is 5. The van der Waals surface area contributed by atoms with Gasteiger partial charge in [0, 0.05) is 17.1 Å². The van der Waals surface area contributed by atoms with Crippen molar-refractivity contribution in [1.82, 2.24) is 4.90 Å². The highest BCUT2D eigenvalue weighted by Gasteiger charge is 2.77. The Balaban J connectivity index is 1.63. The van der Waals surface area contributed by atoms with Gasteiger partial charge in [-0.15, -0.1) is 6.58 Å². The smallest absolute Gasteiger partial charge is 0.310 e. The third kappa shape index (κ3) is 3.51. The zero-order valence-corrected chi connectivity index (χ0v) is 21.5. The summed E-state index contributed by atoms with van der Waals surface area (Å²) in [7, 11) is 0. The molecule has 2 aromatic rings. The third-order valence-electron chi connectivity index (χ3n) is 7.94. The number of hydrogen-bond donors (Lipinski definition) is 2. The van der Waals surface area contributed by atoms with Crippen molar-refractivity contribution in [2.45, 2.75) is 48.4 Å². The predicted molar refractivity (Wildman–Crippen MR) is 138 cm³/mol. The number of carboxylic acids is 1. The number of carbonyl (C=O) groups is 3. The first-order valence-corrected chi connectivity index (χ1v) is 13.1. The molecule has 0 aromatic heterocycles. The van der Waals surface area contributed by atoms with Gasteiger partial charge in [0.2, 0.25) is 5.91 Å². The molecule has 7 atom stereocenters. The average Bonchev–Trinajstić information content (AvgIpc) is 3.46. The number of aliphatic carboxylic acids is 1. The molecule has 3 unspecified atom stereocenters. The zero-order chi connectivity index (χ0) is 25.8. The molecule has 1 spiro atoms. The van der Waals surface area contributed by atoms with Crippen molar-refractivity contribution in [2.75, 3.05) is 18.1 Å². The van der Waals surface area contributed by atoms with Crippen LogP contribution in [0, 0.1) is 11.8 Å². The van der Waals surface area contributed by atoms with Crippen LogP contribution in [0.2, 0.25) is 0 Å². The molecule has 8 nitrogen and oxygen atoms in total. The Hall–Kier alpha value is -2.75. The summed E-state index contributed by atoms with van der Waals surface area (Å²) >= 11 is 3.55. The first-order chi connectivity index (χ1) is 17.3. The number of halogens is 1. The van der Waals surface area contributed by atoms with Crippen molar-refractivity contribution in [3.63, 3.8) is 0 Å². The Labute approximate surface area is 217 Å². The van der Waals surface area contributed by atoms with Crippen molar-refractivity contribution >= 4 is 50.2 Å². The van der Waals surface area contributed by atoms with Crippen molar-refractivity contribution in [1.29, 1.82) is 0 Å². The van der Waals surface area contributed by atoms with E-state index in [1.165, 1.54) is 4.90 Å². The molecule has 2 bridgehead atoms. The fourth-order valence-corrected chi connectivity index (χ4v) is 7.32. The first kappa shape index (κ1) is 24.9. The number of nitrogens with zero attached hydrogens (tertiary/aromatic N) is 2. The standard InChI is InChI=1S/C27H29BrN2O6/c1-3-11-29(18-10-9-15-7-5-6-8-16(15)12-18)25(33)23-27-13-19(28)22(36-27)20(26(34)35)21(27)24(32)30(23)17(4-2)14-31/h3,5-10,12,17,19-23,31H,1,4,11,13-14H2,2H3,(H,34,35)/t17-,19?,20-,21-,22-,23?,27?/m0/s1.